The van der Waals surface area contributed by atoms with Crippen LogP contribution in [0.5, 0.6) is 5.75 Å². The SMILES string of the molecule is COc1cccc([C@@H](C)NCc2c(Cl)cccc2Cl)c1. The average Bonchev–Trinajstić information content (AvgIpc) is 2.46. The highest BCUT2D eigenvalue weighted by atomic mass is 35.5. The Hall–Kier alpha value is -1.22. The van der Waals surface area contributed by atoms with Gasteiger partial charge in [-0.1, -0.05) is 41.4 Å². The monoisotopic (exact) mass is 309 g/mol. The number of ether oxygens (including phenoxy) is 1. The van der Waals surface area contributed by atoms with E-state index in [1.54, 1.807) is 7.11 Å². The molecule has 2 aromatic rings. The predicted molar refractivity (Wildman–Crippen MR) is 84.7 cm³/mol. The molecule has 2 aromatic carbocycles. The zero-order chi connectivity index (χ0) is 14.5. The summed E-state index contributed by atoms with van der Waals surface area (Å²) in [5, 5.41) is 4.79. The predicted octanol–water partition coefficient (Wildman–Crippen LogP) is 4.85. The molecular weight excluding hydrogens is 293 g/mol. The van der Waals surface area contributed by atoms with Gasteiger partial charge in [-0.2, -0.15) is 0 Å². The number of halogens is 2. The van der Waals surface area contributed by atoms with E-state index in [2.05, 4.69) is 18.3 Å². The van der Waals surface area contributed by atoms with Gasteiger partial charge in [0.25, 0.3) is 0 Å². The summed E-state index contributed by atoms with van der Waals surface area (Å²) in [5.74, 6) is 0.854. The number of nitrogens with one attached hydrogen (secondary N) is 1. The molecule has 0 saturated carbocycles. The van der Waals surface area contributed by atoms with Crippen LogP contribution in [0.3, 0.4) is 0 Å². The first kappa shape index (κ1) is 15.2. The first-order valence-electron chi connectivity index (χ1n) is 6.42. The van der Waals surface area contributed by atoms with E-state index in [-0.39, 0.29) is 6.04 Å². The molecule has 1 atom stereocenters. The third-order valence-corrected chi connectivity index (χ3v) is 3.95. The summed E-state index contributed by atoms with van der Waals surface area (Å²) < 4.78 is 5.24. The zero-order valence-electron chi connectivity index (χ0n) is 11.5. The van der Waals surface area contributed by atoms with Crippen LogP contribution >= 0.6 is 23.2 Å². The van der Waals surface area contributed by atoms with E-state index < -0.39 is 0 Å². The molecule has 0 amide bonds. The van der Waals surface area contributed by atoms with Crippen molar-refractivity contribution >= 4 is 23.2 Å². The van der Waals surface area contributed by atoms with Crippen molar-refractivity contribution in [3.63, 3.8) is 0 Å². The molecule has 0 radical (unpaired) electrons. The van der Waals surface area contributed by atoms with Crippen molar-refractivity contribution < 1.29 is 4.74 Å². The van der Waals surface area contributed by atoms with Crippen LogP contribution in [0, 0.1) is 0 Å². The van der Waals surface area contributed by atoms with Gasteiger partial charge in [0.2, 0.25) is 0 Å². The standard InChI is InChI=1S/C16H17Cl2NO/c1-11(12-5-3-6-13(9-12)20-2)19-10-14-15(17)7-4-8-16(14)18/h3-9,11,19H,10H2,1-2H3/t11-/m1/s1. The smallest absolute Gasteiger partial charge is 0.119 e. The maximum atomic E-state index is 6.16. The summed E-state index contributed by atoms with van der Waals surface area (Å²) in [6.07, 6.45) is 0. The first-order valence-corrected chi connectivity index (χ1v) is 7.17. The second-order valence-electron chi connectivity index (χ2n) is 4.58. The van der Waals surface area contributed by atoms with Gasteiger partial charge in [0, 0.05) is 28.2 Å². The van der Waals surface area contributed by atoms with Crippen LogP contribution in [0.25, 0.3) is 0 Å². The summed E-state index contributed by atoms with van der Waals surface area (Å²) in [7, 11) is 1.67. The molecular formula is C16H17Cl2NO. The quantitative estimate of drug-likeness (QED) is 0.852. The van der Waals surface area contributed by atoms with Crippen LogP contribution in [0.4, 0.5) is 0 Å². The lowest BCUT2D eigenvalue weighted by molar-refractivity contribution is 0.413. The fourth-order valence-corrected chi connectivity index (χ4v) is 2.52. The van der Waals surface area contributed by atoms with Crippen molar-refractivity contribution in [3.8, 4) is 5.75 Å². The second kappa shape index (κ2) is 6.98. The fraction of sp³-hybridized carbons (Fsp3) is 0.250. The van der Waals surface area contributed by atoms with Crippen LogP contribution in [0.2, 0.25) is 10.0 Å². The first-order chi connectivity index (χ1) is 9.61. The summed E-state index contributed by atoms with van der Waals surface area (Å²) in [6, 6.07) is 13.7. The third-order valence-electron chi connectivity index (χ3n) is 3.24. The van der Waals surface area contributed by atoms with E-state index in [0.717, 1.165) is 16.9 Å². The van der Waals surface area contributed by atoms with Gasteiger partial charge < -0.3 is 10.1 Å². The van der Waals surface area contributed by atoms with Gasteiger partial charge in [-0.15, -0.1) is 0 Å². The van der Waals surface area contributed by atoms with E-state index in [4.69, 9.17) is 27.9 Å². The van der Waals surface area contributed by atoms with Crippen LogP contribution in [-0.4, -0.2) is 7.11 Å². The molecule has 0 bridgehead atoms. The molecule has 0 heterocycles. The molecule has 0 aromatic heterocycles. The van der Waals surface area contributed by atoms with Crippen molar-refractivity contribution in [2.45, 2.75) is 19.5 Å². The lowest BCUT2D eigenvalue weighted by atomic mass is 10.1. The topological polar surface area (TPSA) is 21.3 Å². The van der Waals surface area contributed by atoms with Gasteiger partial charge in [0.1, 0.15) is 5.75 Å². The molecule has 1 N–H and O–H groups in total. The Morgan fingerprint density at radius 3 is 2.40 bits per heavy atom. The minimum atomic E-state index is 0.178. The van der Waals surface area contributed by atoms with Crippen molar-refractivity contribution in [3.05, 3.63) is 63.6 Å². The molecule has 0 saturated heterocycles. The normalized spacial score (nSPS) is 12.2. The largest absolute Gasteiger partial charge is 0.497 e. The molecule has 0 unspecified atom stereocenters. The molecule has 0 fully saturated rings. The number of hydrogen-bond acceptors (Lipinski definition) is 2. The lowest BCUT2D eigenvalue weighted by Crippen LogP contribution is -2.18. The maximum absolute atomic E-state index is 6.16. The number of methoxy groups -OCH3 is 1. The van der Waals surface area contributed by atoms with E-state index in [1.807, 2.05) is 36.4 Å². The molecule has 2 rings (SSSR count). The van der Waals surface area contributed by atoms with Crippen molar-refractivity contribution in [1.82, 2.24) is 5.32 Å². The molecule has 4 heteroatoms. The summed E-state index contributed by atoms with van der Waals surface area (Å²) >= 11 is 12.3. The zero-order valence-corrected chi connectivity index (χ0v) is 13.0. The van der Waals surface area contributed by atoms with Crippen LogP contribution in [-0.2, 0) is 6.54 Å². The van der Waals surface area contributed by atoms with Gasteiger partial charge in [0.05, 0.1) is 7.11 Å². The Balaban J connectivity index is 2.06. The van der Waals surface area contributed by atoms with E-state index in [0.29, 0.717) is 16.6 Å². The average molecular weight is 310 g/mol. The molecule has 0 spiro atoms. The van der Waals surface area contributed by atoms with Crippen LogP contribution in [0.1, 0.15) is 24.1 Å². The Morgan fingerprint density at radius 2 is 1.75 bits per heavy atom. The van der Waals surface area contributed by atoms with Crippen molar-refractivity contribution in [2.75, 3.05) is 7.11 Å². The molecule has 0 aliphatic heterocycles. The van der Waals surface area contributed by atoms with Gasteiger partial charge >= 0.3 is 0 Å². The minimum Gasteiger partial charge on any atom is -0.497 e. The maximum Gasteiger partial charge on any atom is 0.119 e. The Labute approximate surface area is 129 Å². The number of benzene rings is 2. The highest BCUT2D eigenvalue weighted by molar-refractivity contribution is 6.35. The Kier molecular flexibility index (Phi) is 5.30. The van der Waals surface area contributed by atoms with E-state index in [9.17, 15) is 0 Å². The van der Waals surface area contributed by atoms with E-state index in [1.165, 1.54) is 0 Å². The number of rotatable bonds is 5. The van der Waals surface area contributed by atoms with Crippen molar-refractivity contribution in [2.24, 2.45) is 0 Å². The van der Waals surface area contributed by atoms with E-state index >= 15 is 0 Å². The van der Waals surface area contributed by atoms with Crippen molar-refractivity contribution in [1.29, 1.82) is 0 Å². The Bertz CT molecular complexity index is 566. The van der Waals surface area contributed by atoms with Gasteiger partial charge in [0.15, 0.2) is 0 Å². The second-order valence-corrected chi connectivity index (χ2v) is 5.39. The molecule has 0 aliphatic rings. The third kappa shape index (κ3) is 3.66. The number of hydrogen-bond donors (Lipinski definition) is 1. The summed E-state index contributed by atoms with van der Waals surface area (Å²) in [6.45, 7) is 2.72. The lowest BCUT2D eigenvalue weighted by Gasteiger charge is -2.16. The van der Waals surface area contributed by atoms with Crippen LogP contribution < -0.4 is 10.1 Å². The summed E-state index contributed by atoms with van der Waals surface area (Å²) in [4.78, 5) is 0. The summed E-state index contributed by atoms with van der Waals surface area (Å²) in [5.41, 5.74) is 2.08. The minimum absolute atomic E-state index is 0.178. The molecule has 106 valence electrons. The highest BCUT2D eigenvalue weighted by Crippen LogP contribution is 2.25. The van der Waals surface area contributed by atoms with Gasteiger partial charge in [-0.25, -0.2) is 0 Å². The molecule has 20 heavy (non-hydrogen) atoms. The fourth-order valence-electron chi connectivity index (χ4n) is 1.99. The van der Waals surface area contributed by atoms with Gasteiger partial charge in [-0.05, 0) is 36.8 Å². The molecule has 2 nitrogen and oxygen atoms in total. The van der Waals surface area contributed by atoms with Gasteiger partial charge in [-0.3, -0.25) is 0 Å². The van der Waals surface area contributed by atoms with Crippen LogP contribution in [0.15, 0.2) is 42.5 Å². The Morgan fingerprint density at radius 1 is 1.10 bits per heavy atom. The highest BCUT2D eigenvalue weighted by Gasteiger charge is 2.09. The molecule has 0 aliphatic carbocycles.